The van der Waals surface area contributed by atoms with Gasteiger partial charge in [-0.3, -0.25) is 0 Å². The fourth-order valence-corrected chi connectivity index (χ4v) is 8.53. The van der Waals surface area contributed by atoms with Crippen molar-refractivity contribution in [2.75, 3.05) is 0 Å². The molecule has 11 rings (SSSR count). The number of para-hydroxylation sites is 1. The first-order valence-electron chi connectivity index (χ1n) is 17.0. The van der Waals surface area contributed by atoms with E-state index in [1.54, 1.807) is 0 Å². The fourth-order valence-electron chi connectivity index (χ4n) is 8.53. The molecule has 232 valence electrons. The number of rotatable bonds is 3. The number of hydrogen-bond donors (Lipinski definition) is 0. The molecular formula is C46H27N3O. The van der Waals surface area contributed by atoms with E-state index >= 15 is 0 Å². The molecule has 2 heterocycles. The minimum absolute atomic E-state index is 0.572. The van der Waals surface area contributed by atoms with E-state index in [-0.39, 0.29) is 0 Å². The van der Waals surface area contributed by atoms with E-state index in [1.807, 2.05) is 42.5 Å². The number of hydrogen-bond acceptors (Lipinski definition) is 4. The van der Waals surface area contributed by atoms with Crippen molar-refractivity contribution in [1.82, 2.24) is 15.0 Å². The molecule has 0 N–H and O–H groups in total. The second-order valence-electron chi connectivity index (χ2n) is 13.1. The number of fused-ring (bicyclic) bond motifs is 14. The topological polar surface area (TPSA) is 51.8 Å². The van der Waals surface area contributed by atoms with Crippen molar-refractivity contribution in [3.63, 3.8) is 0 Å². The monoisotopic (exact) mass is 637 g/mol. The van der Waals surface area contributed by atoms with E-state index in [0.717, 1.165) is 33.2 Å². The minimum atomic E-state index is -0.572. The van der Waals surface area contributed by atoms with Gasteiger partial charge in [-0.25, -0.2) is 15.0 Å². The van der Waals surface area contributed by atoms with Gasteiger partial charge in [-0.1, -0.05) is 146 Å². The molecule has 1 spiro atoms. The normalized spacial score (nSPS) is 15.3. The SMILES string of the molecule is c1ccc(-c2nc(-c3ccccc3)nc(-c3ccc4c(c3)C3(c5ccccc5-4)c4ccccc4-c4ccc5oc6ccccc6c5c43)n2)cc1. The first-order chi connectivity index (χ1) is 24.8. The average Bonchev–Trinajstić information content (AvgIpc) is 3.82. The van der Waals surface area contributed by atoms with Gasteiger partial charge < -0.3 is 4.42 Å². The second kappa shape index (κ2) is 10.2. The average molecular weight is 638 g/mol. The van der Waals surface area contributed by atoms with Crippen molar-refractivity contribution in [3.05, 3.63) is 186 Å². The zero-order valence-electron chi connectivity index (χ0n) is 26.8. The van der Waals surface area contributed by atoms with Gasteiger partial charge in [-0.05, 0) is 62.7 Å². The summed E-state index contributed by atoms with van der Waals surface area (Å²) in [6.45, 7) is 0. The molecule has 0 fully saturated rings. The van der Waals surface area contributed by atoms with Crippen LogP contribution in [0.5, 0.6) is 0 Å². The molecule has 2 aromatic heterocycles. The van der Waals surface area contributed by atoms with Crippen LogP contribution in [0, 0.1) is 0 Å². The van der Waals surface area contributed by atoms with Gasteiger partial charge in [0.2, 0.25) is 0 Å². The molecule has 50 heavy (non-hydrogen) atoms. The standard InChI is InChI=1S/C46H27N3O/c1-3-13-28(14-4-1)43-47-44(29-15-5-2-6-16-29)49-45(48-43)30-23-24-33-31-17-7-10-20-36(31)46(38(33)27-30)37-21-11-8-18-32(37)34-25-26-40-41(42(34)46)35-19-9-12-22-39(35)50-40/h1-27H. The summed E-state index contributed by atoms with van der Waals surface area (Å²) in [5.74, 6) is 1.94. The van der Waals surface area contributed by atoms with Crippen LogP contribution in [0.2, 0.25) is 0 Å². The highest BCUT2D eigenvalue weighted by Crippen LogP contribution is 2.65. The van der Waals surface area contributed by atoms with Crippen molar-refractivity contribution in [2.45, 2.75) is 5.41 Å². The predicted octanol–water partition coefficient (Wildman–Crippen LogP) is 11.1. The highest BCUT2D eigenvalue weighted by Gasteiger charge is 2.53. The zero-order valence-corrected chi connectivity index (χ0v) is 26.8. The summed E-state index contributed by atoms with van der Waals surface area (Å²) in [7, 11) is 0. The fraction of sp³-hybridized carbons (Fsp3) is 0.0217. The predicted molar refractivity (Wildman–Crippen MR) is 200 cm³/mol. The summed E-state index contributed by atoms with van der Waals surface area (Å²) in [6, 6.07) is 57.7. The highest BCUT2D eigenvalue weighted by molar-refractivity contribution is 6.13. The third kappa shape index (κ3) is 3.62. The lowest BCUT2D eigenvalue weighted by atomic mass is 9.69. The summed E-state index contributed by atoms with van der Waals surface area (Å²) in [6.07, 6.45) is 0. The molecule has 0 bridgehead atoms. The number of aromatic nitrogens is 3. The van der Waals surface area contributed by atoms with Gasteiger partial charge in [0.05, 0.1) is 5.41 Å². The number of benzene rings is 7. The molecular weight excluding hydrogens is 611 g/mol. The Morgan fingerprint density at radius 2 is 0.900 bits per heavy atom. The Morgan fingerprint density at radius 3 is 1.58 bits per heavy atom. The van der Waals surface area contributed by atoms with Crippen molar-refractivity contribution in [2.24, 2.45) is 0 Å². The van der Waals surface area contributed by atoms with Crippen LogP contribution >= 0.6 is 0 Å². The van der Waals surface area contributed by atoms with Crippen LogP contribution in [-0.4, -0.2) is 15.0 Å². The van der Waals surface area contributed by atoms with E-state index in [9.17, 15) is 0 Å². The Hall–Kier alpha value is -6.65. The molecule has 2 aliphatic carbocycles. The maximum absolute atomic E-state index is 6.53. The number of furan rings is 1. The van der Waals surface area contributed by atoms with Gasteiger partial charge in [0.15, 0.2) is 17.5 Å². The third-order valence-corrected chi connectivity index (χ3v) is 10.5. The Balaban J connectivity index is 1.24. The summed E-state index contributed by atoms with van der Waals surface area (Å²) < 4.78 is 6.53. The van der Waals surface area contributed by atoms with Crippen LogP contribution in [0.3, 0.4) is 0 Å². The molecule has 0 radical (unpaired) electrons. The van der Waals surface area contributed by atoms with E-state index in [4.69, 9.17) is 19.4 Å². The lowest BCUT2D eigenvalue weighted by molar-refractivity contribution is 0.668. The van der Waals surface area contributed by atoms with Gasteiger partial charge in [0, 0.05) is 27.5 Å². The molecule has 0 amide bonds. The van der Waals surface area contributed by atoms with E-state index in [0.29, 0.717) is 17.5 Å². The molecule has 0 saturated carbocycles. The Bertz CT molecular complexity index is 2750. The molecule has 1 atom stereocenters. The van der Waals surface area contributed by atoms with E-state index in [2.05, 4.69) is 121 Å². The quantitative estimate of drug-likeness (QED) is 0.193. The van der Waals surface area contributed by atoms with Crippen molar-refractivity contribution in [3.8, 4) is 56.4 Å². The summed E-state index contributed by atoms with van der Waals surface area (Å²) in [5.41, 5.74) is 14.1. The maximum Gasteiger partial charge on any atom is 0.164 e. The van der Waals surface area contributed by atoms with Crippen LogP contribution in [0.15, 0.2) is 168 Å². The van der Waals surface area contributed by atoms with E-state index in [1.165, 1.54) is 49.9 Å². The van der Waals surface area contributed by atoms with Crippen molar-refractivity contribution in [1.29, 1.82) is 0 Å². The molecule has 1 unspecified atom stereocenters. The summed E-state index contributed by atoms with van der Waals surface area (Å²) in [4.78, 5) is 15.2. The summed E-state index contributed by atoms with van der Waals surface area (Å²) >= 11 is 0. The Labute approximate surface area is 288 Å². The maximum atomic E-state index is 6.53. The molecule has 4 nitrogen and oxygen atoms in total. The molecule has 2 aliphatic rings. The van der Waals surface area contributed by atoms with Crippen molar-refractivity contribution >= 4 is 21.9 Å². The van der Waals surface area contributed by atoms with Crippen LogP contribution in [0.4, 0.5) is 0 Å². The first-order valence-corrected chi connectivity index (χ1v) is 17.0. The van der Waals surface area contributed by atoms with Crippen LogP contribution in [0.1, 0.15) is 22.3 Å². The molecule has 0 saturated heterocycles. The Morgan fingerprint density at radius 1 is 0.380 bits per heavy atom. The van der Waals surface area contributed by atoms with E-state index < -0.39 is 5.41 Å². The number of nitrogens with zero attached hydrogens (tertiary/aromatic N) is 3. The van der Waals surface area contributed by atoms with Gasteiger partial charge in [0.1, 0.15) is 11.2 Å². The molecule has 7 aromatic carbocycles. The largest absolute Gasteiger partial charge is 0.456 e. The lowest BCUT2D eigenvalue weighted by Gasteiger charge is -2.31. The minimum Gasteiger partial charge on any atom is -0.456 e. The highest BCUT2D eigenvalue weighted by atomic mass is 16.3. The van der Waals surface area contributed by atoms with Gasteiger partial charge >= 0.3 is 0 Å². The van der Waals surface area contributed by atoms with Crippen LogP contribution in [-0.2, 0) is 5.41 Å². The molecule has 0 aliphatic heterocycles. The molecule has 9 aromatic rings. The lowest BCUT2D eigenvalue weighted by Crippen LogP contribution is -2.26. The Kier molecular flexibility index (Phi) is 5.56. The third-order valence-electron chi connectivity index (χ3n) is 10.5. The first kappa shape index (κ1) is 27.3. The van der Waals surface area contributed by atoms with Gasteiger partial charge in [-0.15, -0.1) is 0 Å². The van der Waals surface area contributed by atoms with Gasteiger partial charge in [0.25, 0.3) is 0 Å². The smallest absolute Gasteiger partial charge is 0.164 e. The van der Waals surface area contributed by atoms with Gasteiger partial charge in [-0.2, -0.15) is 0 Å². The zero-order chi connectivity index (χ0) is 32.8. The second-order valence-corrected chi connectivity index (χ2v) is 13.1. The molecule has 4 heteroatoms. The van der Waals surface area contributed by atoms with Crippen LogP contribution in [0.25, 0.3) is 78.4 Å². The van der Waals surface area contributed by atoms with Crippen LogP contribution < -0.4 is 0 Å². The van der Waals surface area contributed by atoms with Crippen molar-refractivity contribution < 1.29 is 4.42 Å². The summed E-state index contributed by atoms with van der Waals surface area (Å²) in [5, 5.41) is 2.30.